The molecule has 5 aromatic rings. The van der Waals surface area contributed by atoms with E-state index < -0.39 is 0 Å². The van der Waals surface area contributed by atoms with Gasteiger partial charge in [-0.05, 0) is 59.4 Å². The minimum atomic E-state index is 0.0236. The molecule has 4 aromatic carbocycles. The van der Waals surface area contributed by atoms with Gasteiger partial charge in [-0.15, -0.1) is 0 Å². The molecular formula is C31H28N4OS. The summed E-state index contributed by atoms with van der Waals surface area (Å²) >= 11 is 1.67. The van der Waals surface area contributed by atoms with Crippen LogP contribution in [0.15, 0.2) is 107 Å². The molecule has 1 aliphatic carbocycles. The van der Waals surface area contributed by atoms with Gasteiger partial charge < -0.3 is 15.7 Å². The smallest absolute Gasteiger partial charge is 0.225 e. The van der Waals surface area contributed by atoms with Gasteiger partial charge in [0.1, 0.15) is 5.82 Å². The Hall–Kier alpha value is -3.87. The highest BCUT2D eigenvalue weighted by molar-refractivity contribution is 7.99. The number of aryl methyl sites for hydroxylation is 1. The molecule has 1 aliphatic rings. The van der Waals surface area contributed by atoms with Crippen molar-refractivity contribution in [2.24, 2.45) is 0 Å². The van der Waals surface area contributed by atoms with Crippen molar-refractivity contribution >= 4 is 34.4 Å². The molecule has 3 N–H and O–H groups in total. The molecule has 0 aliphatic heterocycles. The molecule has 1 aromatic heterocycles. The fourth-order valence-corrected chi connectivity index (χ4v) is 5.98. The molecule has 1 unspecified atom stereocenters. The third-order valence-corrected chi connectivity index (χ3v) is 8.06. The molecule has 0 radical (unpaired) electrons. The highest BCUT2D eigenvalue weighted by atomic mass is 32.2. The second-order valence-corrected chi connectivity index (χ2v) is 10.3. The van der Waals surface area contributed by atoms with Gasteiger partial charge in [0.15, 0.2) is 0 Å². The van der Waals surface area contributed by atoms with Crippen molar-refractivity contribution in [1.82, 2.24) is 9.97 Å². The van der Waals surface area contributed by atoms with Crippen LogP contribution in [0.5, 0.6) is 0 Å². The Morgan fingerprint density at radius 3 is 2.35 bits per heavy atom. The highest BCUT2D eigenvalue weighted by Gasteiger charge is 2.23. The summed E-state index contributed by atoms with van der Waals surface area (Å²) in [4.78, 5) is 11.9. The Balaban J connectivity index is 1.26. The lowest BCUT2D eigenvalue weighted by atomic mass is 10.1. The van der Waals surface area contributed by atoms with Crippen molar-refractivity contribution in [3.05, 3.63) is 119 Å². The fourth-order valence-electron chi connectivity index (χ4n) is 4.91. The number of aliphatic hydroxyl groups excluding tert-OH is 1. The molecular weight excluding hydrogens is 476 g/mol. The number of nitrogens with zero attached hydrogens (tertiary/aromatic N) is 2. The predicted molar refractivity (Wildman–Crippen MR) is 151 cm³/mol. The van der Waals surface area contributed by atoms with Gasteiger partial charge in [0.2, 0.25) is 5.95 Å². The highest BCUT2D eigenvalue weighted by Crippen LogP contribution is 2.36. The van der Waals surface area contributed by atoms with E-state index in [4.69, 9.17) is 9.97 Å². The number of rotatable bonds is 8. The normalized spacial score (nSPS) is 14.5. The summed E-state index contributed by atoms with van der Waals surface area (Å²) in [5.41, 5.74) is 5.75. The Labute approximate surface area is 221 Å². The lowest BCUT2D eigenvalue weighted by Gasteiger charge is -2.18. The minimum Gasteiger partial charge on any atom is -0.392 e. The van der Waals surface area contributed by atoms with Crippen LogP contribution in [0.4, 0.5) is 11.8 Å². The van der Waals surface area contributed by atoms with Crippen molar-refractivity contribution in [3.8, 4) is 0 Å². The summed E-state index contributed by atoms with van der Waals surface area (Å²) in [5, 5.41) is 17.9. The quantitative estimate of drug-likeness (QED) is 0.212. The second kappa shape index (κ2) is 10.6. The fraction of sp³-hybridized carbons (Fsp3) is 0.161. The van der Waals surface area contributed by atoms with Gasteiger partial charge >= 0.3 is 0 Å². The molecule has 0 amide bonds. The van der Waals surface area contributed by atoms with Gasteiger partial charge in [0.05, 0.1) is 18.2 Å². The Bertz CT molecular complexity index is 1550. The summed E-state index contributed by atoms with van der Waals surface area (Å²) in [6.07, 6.45) is 2.14. The topological polar surface area (TPSA) is 70.1 Å². The molecule has 184 valence electrons. The summed E-state index contributed by atoms with van der Waals surface area (Å²) in [6, 6.07) is 33.3. The lowest BCUT2D eigenvalue weighted by molar-refractivity contribution is 0.279. The Morgan fingerprint density at radius 2 is 1.49 bits per heavy atom. The third kappa shape index (κ3) is 5.03. The van der Waals surface area contributed by atoms with E-state index in [1.165, 1.54) is 11.1 Å². The van der Waals surface area contributed by atoms with E-state index in [0.29, 0.717) is 12.5 Å². The van der Waals surface area contributed by atoms with E-state index in [0.717, 1.165) is 50.5 Å². The van der Waals surface area contributed by atoms with E-state index in [1.54, 1.807) is 11.8 Å². The summed E-state index contributed by atoms with van der Waals surface area (Å²) in [7, 11) is 0. The van der Waals surface area contributed by atoms with Crippen LogP contribution in [0, 0.1) is 0 Å². The summed E-state index contributed by atoms with van der Waals surface area (Å²) in [5.74, 6) is 1.46. The number of hydrogen-bond acceptors (Lipinski definition) is 6. The van der Waals surface area contributed by atoms with E-state index >= 15 is 0 Å². The van der Waals surface area contributed by atoms with Crippen LogP contribution in [0.2, 0.25) is 0 Å². The van der Waals surface area contributed by atoms with E-state index in [-0.39, 0.29) is 12.6 Å². The van der Waals surface area contributed by atoms with Crippen molar-refractivity contribution < 1.29 is 5.11 Å². The van der Waals surface area contributed by atoms with Crippen molar-refractivity contribution in [2.75, 3.05) is 10.6 Å². The first-order valence-electron chi connectivity index (χ1n) is 12.6. The first-order valence-corrected chi connectivity index (χ1v) is 13.4. The van der Waals surface area contributed by atoms with Gasteiger partial charge in [-0.1, -0.05) is 84.6 Å². The maximum Gasteiger partial charge on any atom is 0.225 e. The zero-order chi connectivity index (χ0) is 25.0. The molecule has 0 bridgehead atoms. The predicted octanol–water partition coefficient (Wildman–Crippen LogP) is 6.98. The first kappa shape index (κ1) is 23.5. The van der Waals surface area contributed by atoms with Crippen molar-refractivity contribution in [1.29, 1.82) is 0 Å². The maximum absolute atomic E-state index is 9.74. The van der Waals surface area contributed by atoms with Crippen LogP contribution in [0.3, 0.4) is 0 Å². The molecule has 0 spiro atoms. The summed E-state index contributed by atoms with van der Waals surface area (Å²) < 4.78 is 0. The Kier molecular flexibility index (Phi) is 6.76. The van der Waals surface area contributed by atoms with Gasteiger partial charge in [-0.25, -0.2) is 4.98 Å². The number of para-hydroxylation sites is 1. The van der Waals surface area contributed by atoms with E-state index in [1.807, 2.05) is 54.6 Å². The van der Waals surface area contributed by atoms with Gasteiger partial charge in [-0.2, -0.15) is 4.98 Å². The SMILES string of the molecule is OCc1ccccc1Sc1ccccc1CNc1nc(NC2CCc3ccccc32)c2ccccc2n1. The zero-order valence-electron chi connectivity index (χ0n) is 20.4. The standard InChI is InChI=1S/C31H28N4OS/c36-20-23-11-3-8-16-29(23)37-28-15-7-2-10-22(28)19-32-31-34-26-14-6-5-13-25(26)30(35-31)33-27-18-17-21-9-1-4-12-24(21)27/h1-16,27,36H,17-20H2,(H2,32,33,34,35). The van der Waals surface area contributed by atoms with Crippen LogP contribution in [0.25, 0.3) is 10.9 Å². The van der Waals surface area contributed by atoms with E-state index in [9.17, 15) is 5.11 Å². The molecule has 5 nitrogen and oxygen atoms in total. The molecule has 0 fully saturated rings. The molecule has 1 heterocycles. The number of aromatic nitrogens is 2. The van der Waals surface area contributed by atoms with Crippen molar-refractivity contribution in [2.45, 2.75) is 41.8 Å². The number of nitrogens with one attached hydrogen (secondary N) is 2. The Morgan fingerprint density at radius 1 is 0.784 bits per heavy atom. The molecule has 1 atom stereocenters. The van der Waals surface area contributed by atoms with Crippen LogP contribution in [-0.4, -0.2) is 15.1 Å². The van der Waals surface area contributed by atoms with Crippen molar-refractivity contribution in [3.63, 3.8) is 0 Å². The zero-order valence-corrected chi connectivity index (χ0v) is 21.2. The number of fused-ring (bicyclic) bond motifs is 2. The van der Waals surface area contributed by atoms with Gasteiger partial charge in [0.25, 0.3) is 0 Å². The molecule has 6 heteroatoms. The molecule has 6 rings (SSSR count). The van der Waals surface area contributed by atoms with Crippen LogP contribution in [-0.2, 0) is 19.6 Å². The maximum atomic E-state index is 9.74. The van der Waals surface area contributed by atoms with E-state index in [2.05, 4.69) is 53.1 Å². The van der Waals surface area contributed by atoms with Crippen LogP contribution < -0.4 is 10.6 Å². The number of anilines is 2. The van der Waals surface area contributed by atoms with Gasteiger partial charge in [-0.3, -0.25) is 0 Å². The minimum absolute atomic E-state index is 0.0236. The van der Waals surface area contributed by atoms with Crippen LogP contribution >= 0.6 is 11.8 Å². The lowest BCUT2D eigenvalue weighted by Crippen LogP contribution is -2.11. The van der Waals surface area contributed by atoms with Gasteiger partial charge in [0, 0.05) is 21.7 Å². The molecule has 37 heavy (non-hydrogen) atoms. The number of aliphatic hydroxyl groups is 1. The first-order chi connectivity index (χ1) is 18.3. The summed E-state index contributed by atoms with van der Waals surface area (Å²) in [6.45, 7) is 0.615. The monoisotopic (exact) mass is 504 g/mol. The number of hydrogen-bond donors (Lipinski definition) is 3. The molecule has 0 saturated heterocycles. The number of benzene rings is 4. The third-order valence-electron chi connectivity index (χ3n) is 6.82. The van der Waals surface area contributed by atoms with Crippen LogP contribution in [0.1, 0.15) is 34.7 Å². The molecule has 0 saturated carbocycles. The second-order valence-electron chi connectivity index (χ2n) is 9.18. The average molecular weight is 505 g/mol. The average Bonchev–Trinajstić information content (AvgIpc) is 3.35. The largest absolute Gasteiger partial charge is 0.392 e.